The summed E-state index contributed by atoms with van der Waals surface area (Å²) in [6.45, 7) is 4.19. The fourth-order valence-electron chi connectivity index (χ4n) is 1.25. The Morgan fingerprint density at radius 3 is 2.87 bits per heavy atom. The number of nitrogens with one attached hydrogen (secondary N) is 1. The minimum atomic E-state index is -0.840. The molecule has 1 heterocycles. The summed E-state index contributed by atoms with van der Waals surface area (Å²) in [6.07, 6.45) is 0.891. The molecule has 0 aromatic carbocycles. The lowest BCUT2D eigenvalue weighted by Gasteiger charge is -2.08. The first-order valence-corrected chi connectivity index (χ1v) is 5.02. The first-order valence-electron chi connectivity index (χ1n) is 5.02. The van der Waals surface area contributed by atoms with Crippen molar-refractivity contribution in [2.24, 2.45) is 7.05 Å². The van der Waals surface area contributed by atoms with E-state index in [1.165, 1.54) is 0 Å². The monoisotopic (exact) mass is 211 g/mol. The number of carboxylic acid groups (broad SMARTS) is 1. The maximum atomic E-state index is 10.6. The Bertz CT molecular complexity index is 346. The van der Waals surface area contributed by atoms with E-state index in [2.05, 4.69) is 10.4 Å². The third kappa shape index (κ3) is 3.06. The topological polar surface area (TPSA) is 67.2 Å². The minimum absolute atomic E-state index is 0.525. The van der Waals surface area contributed by atoms with Gasteiger partial charge in [-0.25, -0.2) is 0 Å². The lowest BCUT2D eigenvalue weighted by atomic mass is 10.3. The number of aromatic nitrogens is 2. The Balaban J connectivity index is 2.57. The van der Waals surface area contributed by atoms with Crippen LogP contribution in [0, 0.1) is 0 Å². The lowest BCUT2D eigenvalue weighted by molar-refractivity contribution is -0.139. The van der Waals surface area contributed by atoms with Crippen LogP contribution in [0.1, 0.15) is 25.2 Å². The van der Waals surface area contributed by atoms with Crippen molar-refractivity contribution in [3.8, 4) is 0 Å². The Hall–Kier alpha value is -1.36. The standard InChI is InChI=1S/C10H17N3O2/c1-4-8-5-9(13(3)12-8)6-11-7(2)10(14)15/h5,7,11H,4,6H2,1-3H3,(H,14,15)/t7-/m1/s1. The first-order chi connectivity index (χ1) is 7.04. The number of aryl methyl sites for hydroxylation is 2. The fraction of sp³-hybridized carbons (Fsp3) is 0.600. The molecule has 0 saturated carbocycles. The van der Waals surface area contributed by atoms with Gasteiger partial charge in [-0.1, -0.05) is 6.92 Å². The van der Waals surface area contributed by atoms with Crippen LogP contribution >= 0.6 is 0 Å². The van der Waals surface area contributed by atoms with Crippen LogP contribution in [0.3, 0.4) is 0 Å². The van der Waals surface area contributed by atoms with E-state index in [9.17, 15) is 4.79 Å². The van der Waals surface area contributed by atoms with Crippen molar-refractivity contribution >= 4 is 5.97 Å². The summed E-state index contributed by atoms with van der Waals surface area (Å²) >= 11 is 0. The molecule has 0 aliphatic rings. The SMILES string of the molecule is CCc1cc(CN[C@H](C)C(=O)O)n(C)n1. The Morgan fingerprint density at radius 2 is 2.40 bits per heavy atom. The molecule has 2 N–H and O–H groups in total. The van der Waals surface area contributed by atoms with Gasteiger partial charge in [-0.05, 0) is 19.4 Å². The van der Waals surface area contributed by atoms with Crippen molar-refractivity contribution in [2.45, 2.75) is 32.9 Å². The summed E-state index contributed by atoms with van der Waals surface area (Å²) in [6, 6.07) is 1.45. The fourth-order valence-corrected chi connectivity index (χ4v) is 1.25. The van der Waals surface area contributed by atoms with Crippen molar-refractivity contribution in [2.75, 3.05) is 0 Å². The predicted octanol–water partition coefficient (Wildman–Crippen LogP) is 0.545. The number of nitrogens with zero attached hydrogens (tertiary/aromatic N) is 2. The first kappa shape index (κ1) is 11.7. The summed E-state index contributed by atoms with van der Waals surface area (Å²) in [5.41, 5.74) is 2.03. The van der Waals surface area contributed by atoms with E-state index >= 15 is 0 Å². The summed E-state index contributed by atoms with van der Waals surface area (Å²) in [4.78, 5) is 10.6. The highest BCUT2D eigenvalue weighted by Crippen LogP contribution is 2.03. The van der Waals surface area contributed by atoms with Crippen LogP contribution in [0.25, 0.3) is 0 Å². The van der Waals surface area contributed by atoms with E-state index in [0.717, 1.165) is 17.8 Å². The van der Waals surface area contributed by atoms with Crippen LogP contribution in [-0.2, 0) is 24.8 Å². The van der Waals surface area contributed by atoms with Crippen molar-refractivity contribution < 1.29 is 9.90 Å². The third-order valence-electron chi connectivity index (χ3n) is 2.35. The maximum Gasteiger partial charge on any atom is 0.320 e. The van der Waals surface area contributed by atoms with Gasteiger partial charge in [0, 0.05) is 13.6 Å². The number of hydrogen-bond donors (Lipinski definition) is 2. The summed E-state index contributed by atoms with van der Waals surface area (Å²) in [7, 11) is 1.86. The summed E-state index contributed by atoms with van der Waals surface area (Å²) < 4.78 is 1.78. The largest absolute Gasteiger partial charge is 0.480 e. The molecule has 5 nitrogen and oxygen atoms in total. The molecule has 84 valence electrons. The second-order valence-electron chi connectivity index (χ2n) is 3.54. The second kappa shape index (κ2) is 4.93. The van der Waals surface area contributed by atoms with Gasteiger partial charge in [0.15, 0.2) is 0 Å². The quantitative estimate of drug-likeness (QED) is 0.746. The van der Waals surface area contributed by atoms with Gasteiger partial charge in [-0.3, -0.25) is 14.8 Å². The molecule has 0 aliphatic heterocycles. The van der Waals surface area contributed by atoms with Gasteiger partial charge in [-0.15, -0.1) is 0 Å². The highest BCUT2D eigenvalue weighted by molar-refractivity contribution is 5.72. The predicted molar refractivity (Wildman–Crippen MR) is 56.5 cm³/mol. The van der Waals surface area contributed by atoms with Gasteiger partial charge in [0.25, 0.3) is 0 Å². The average Bonchev–Trinajstić information content (AvgIpc) is 2.55. The van der Waals surface area contributed by atoms with Crippen molar-refractivity contribution in [1.82, 2.24) is 15.1 Å². The van der Waals surface area contributed by atoms with Gasteiger partial charge in [0.05, 0.1) is 11.4 Å². The summed E-state index contributed by atoms with van der Waals surface area (Å²) in [5, 5.41) is 15.9. The van der Waals surface area contributed by atoms with E-state index in [4.69, 9.17) is 5.11 Å². The number of carbonyl (C=O) groups is 1. The number of rotatable bonds is 5. The molecule has 0 spiro atoms. The van der Waals surface area contributed by atoms with E-state index in [1.807, 2.05) is 20.0 Å². The van der Waals surface area contributed by atoms with Crippen LogP contribution < -0.4 is 5.32 Å². The van der Waals surface area contributed by atoms with Gasteiger partial charge < -0.3 is 5.11 Å². The Morgan fingerprint density at radius 1 is 1.73 bits per heavy atom. The molecule has 0 fully saturated rings. The zero-order valence-electron chi connectivity index (χ0n) is 9.32. The number of carboxylic acids is 1. The van der Waals surface area contributed by atoms with Gasteiger partial charge in [-0.2, -0.15) is 5.10 Å². The molecule has 0 saturated heterocycles. The molecular weight excluding hydrogens is 194 g/mol. The lowest BCUT2D eigenvalue weighted by Crippen LogP contribution is -2.33. The Labute approximate surface area is 89.1 Å². The highest BCUT2D eigenvalue weighted by Gasteiger charge is 2.11. The molecule has 0 amide bonds. The third-order valence-corrected chi connectivity index (χ3v) is 2.35. The number of hydrogen-bond acceptors (Lipinski definition) is 3. The highest BCUT2D eigenvalue weighted by atomic mass is 16.4. The van der Waals surface area contributed by atoms with Crippen molar-refractivity contribution in [3.63, 3.8) is 0 Å². The Kier molecular flexibility index (Phi) is 3.85. The van der Waals surface area contributed by atoms with Crippen LogP contribution in [-0.4, -0.2) is 26.9 Å². The number of aliphatic carboxylic acids is 1. The minimum Gasteiger partial charge on any atom is -0.480 e. The molecule has 0 unspecified atom stereocenters. The zero-order chi connectivity index (χ0) is 11.4. The molecule has 5 heteroatoms. The normalized spacial score (nSPS) is 12.7. The van der Waals surface area contributed by atoms with Gasteiger partial charge >= 0.3 is 5.97 Å². The van der Waals surface area contributed by atoms with E-state index < -0.39 is 12.0 Å². The van der Waals surface area contributed by atoms with E-state index in [0.29, 0.717) is 6.54 Å². The van der Waals surface area contributed by atoms with Crippen LogP contribution in [0.4, 0.5) is 0 Å². The molecule has 1 aromatic heterocycles. The molecule has 0 bridgehead atoms. The smallest absolute Gasteiger partial charge is 0.320 e. The van der Waals surface area contributed by atoms with Crippen LogP contribution in [0.5, 0.6) is 0 Å². The second-order valence-corrected chi connectivity index (χ2v) is 3.54. The van der Waals surface area contributed by atoms with E-state index in [1.54, 1.807) is 11.6 Å². The molecule has 0 aliphatic carbocycles. The van der Waals surface area contributed by atoms with Crippen molar-refractivity contribution in [1.29, 1.82) is 0 Å². The van der Waals surface area contributed by atoms with Gasteiger partial charge in [0.1, 0.15) is 6.04 Å². The zero-order valence-corrected chi connectivity index (χ0v) is 9.32. The van der Waals surface area contributed by atoms with Crippen LogP contribution in [0.15, 0.2) is 6.07 Å². The van der Waals surface area contributed by atoms with Crippen LogP contribution in [0.2, 0.25) is 0 Å². The van der Waals surface area contributed by atoms with E-state index in [-0.39, 0.29) is 0 Å². The molecule has 0 radical (unpaired) electrons. The average molecular weight is 211 g/mol. The molecule has 1 rings (SSSR count). The molecule has 1 atom stereocenters. The molecule has 15 heavy (non-hydrogen) atoms. The molecular formula is C10H17N3O2. The van der Waals surface area contributed by atoms with Crippen molar-refractivity contribution in [3.05, 3.63) is 17.5 Å². The summed E-state index contributed by atoms with van der Waals surface area (Å²) in [5.74, 6) is -0.840. The maximum absolute atomic E-state index is 10.6. The van der Waals surface area contributed by atoms with Gasteiger partial charge in [0.2, 0.25) is 0 Å². The molecule has 1 aromatic rings.